The molecule has 5 heteroatoms. The Bertz CT molecular complexity index is 244. The third-order valence-corrected chi connectivity index (χ3v) is 2.02. The molecule has 84 valence electrons. The van der Waals surface area contributed by atoms with Gasteiger partial charge in [0.05, 0.1) is 0 Å². The summed E-state index contributed by atoms with van der Waals surface area (Å²) < 4.78 is 9.78. The second-order valence-electron chi connectivity index (χ2n) is 3.18. The molecule has 0 N–H and O–H groups in total. The molecule has 0 unspecified atom stereocenters. The summed E-state index contributed by atoms with van der Waals surface area (Å²) in [5, 5.41) is 0. The number of rotatable bonds is 7. The first-order valence-corrected chi connectivity index (χ1v) is 4.86. The summed E-state index contributed by atoms with van der Waals surface area (Å²) in [7, 11) is 1.56. The van der Waals surface area contributed by atoms with E-state index in [0.717, 1.165) is 12.8 Å². The first-order chi connectivity index (χ1) is 7.25. The molecule has 0 atom stereocenters. The van der Waals surface area contributed by atoms with Crippen molar-refractivity contribution >= 4 is 11.8 Å². The standard InChI is InChI=1S/C10H15NO4/c1-14-8-15-7-3-2-6-11-9(12)4-5-10(11)13/h4-5H,2-3,6-8H2,1H3. The minimum Gasteiger partial charge on any atom is -0.359 e. The third-order valence-electron chi connectivity index (χ3n) is 2.02. The van der Waals surface area contributed by atoms with Crippen molar-refractivity contribution in [2.45, 2.75) is 12.8 Å². The van der Waals surface area contributed by atoms with E-state index in [1.54, 1.807) is 7.11 Å². The van der Waals surface area contributed by atoms with Gasteiger partial charge in [-0.15, -0.1) is 0 Å². The maximum atomic E-state index is 11.1. The summed E-state index contributed by atoms with van der Waals surface area (Å²) >= 11 is 0. The highest BCUT2D eigenvalue weighted by Crippen LogP contribution is 2.05. The van der Waals surface area contributed by atoms with Crippen molar-refractivity contribution in [1.82, 2.24) is 4.90 Å². The molecule has 0 saturated heterocycles. The Morgan fingerprint density at radius 2 is 1.87 bits per heavy atom. The van der Waals surface area contributed by atoms with Crippen molar-refractivity contribution in [3.05, 3.63) is 12.2 Å². The molecular formula is C10H15NO4. The Hall–Kier alpha value is -1.20. The smallest absolute Gasteiger partial charge is 0.253 e. The minimum atomic E-state index is -0.224. The maximum Gasteiger partial charge on any atom is 0.253 e. The van der Waals surface area contributed by atoms with Crippen LogP contribution in [0.4, 0.5) is 0 Å². The molecule has 0 saturated carbocycles. The third kappa shape index (κ3) is 3.81. The van der Waals surface area contributed by atoms with Gasteiger partial charge in [0, 0.05) is 32.4 Å². The molecule has 1 aliphatic rings. The molecule has 0 radical (unpaired) electrons. The van der Waals surface area contributed by atoms with Crippen LogP contribution < -0.4 is 0 Å². The van der Waals surface area contributed by atoms with Crippen molar-refractivity contribution in [2.24, 2.45) is 0 Å². The van der Waals surface area contributed by atoms with E-state index in [1.165, 1.54) is 17.1 Å². The van der Waals surface area contributed by atoms with Gasteiger partial charge in [0.25, 0.3) is 11.8 Å². The lowest BCUT2D eigenvalue weighted by atomic mass is 10.3. The summed E-state index contributed by atoms with van der Waals surface area (Å²) in [6.07, 6.45) is 4.15. The summed E-state index contributed by atoms with van der Waals surface area (Å²) in [4.78, 5) is 23.5. The molecule has 0 aromatic rings. The van der Waals surface area contributed by atoms with Crippen LogP contribution in [0, 0.1) is 0 Å². The highest BCUT2D eigenvalue weighted by atomic mass is 16.7. The topological polar surface area (TPSA) is 55.8 Å². The van der Waals surface area contributed by atoms with Gasteiger partial charge in [0.15, 0.2) is 0 Å². The van der Waals surface area contributed by atoms with Crippen molar-refractivity contribution in [2.75, 3.05) is 27.1 Å². The number of nitrogens with zero attached hydrogens (tertiary/aromatic N) is 1. The maximum absolute atomic E-state index is 11.1. The second-order valence-corrected chi connectivity index (χ2v) is 3.18. The lowest BCUT2D eigenvalue weighted by Crippen LogP contribution is -2.30. The summed E-state index contributed by atoms with van der Waals surface area (Å²) in [6, 6.07) is 0. The normalized spacial score (nSPS) is 15.4. The fraction of sp³-hybridized carbons (Fsp3) is 0.600. The van der Waals surface area contributed by atoms with Gasteiger partial charge < -0.3 is 9.47 Å². The van der Waals surface area contributed by atoms with Gasteiger partial charge >= 0.3 is 0 Å². The van der Waals surface area contributed by atoms with Crippen LogP contribution in [0.3, 0.4) is 0 Å². The molecule has 0 aromatic carbocycles. The largest absolute Gasteiger partial charge is 0.359 e. The molecule has 1 rings (SSSR count). The molecule has 0 fully saturated rings. The molecule has 2 amide bonds. The molecule has 0 spiro atoms. The van der Waals surface area contributed by atoms with Crippen LogP contribution in [0.25, 0.3) is 0 Å². The molecule has 0 aromatic heterocycles. The fourth-order valence-corrected chi connectivity index (χ4v) is 1.27. The lowest BCUT2D eigenvalue weighted by Gasteiger charge is -2.12. The van der Waals surface area contributed by atoms with Crippen LogP contribution in [0.15, 0.2) is 12.2 Å². The summed E-state index contributed by atoms with van der Waals surface area (Å²) in [5.41, 5.74) is 0. The van der Waals surface area contributed by atoms with Gasteiger partial charge in [-0.05, 0) is 12.8 Å². The Morgan fingerprint density at radius 3 is 2.47 bits per heavy atom. The van der Waals surface area contributed by atoms with Crippen LogP contribution in [0.2, 0.25) is 0 Å². The summed E-state index contributed by atoms with van der Waals surface area (Å²) in [5.74, 6) is -0.449. The first-order valence-electron chi connectivity index (χ1n) is 4.86. The van der Waals surface area contributed by atoms with Crippen LogP contribution in [0.1, 0.15) is 12.8 Å². The lowest BCUT2D eigenvalue weighted by molar-refractivity contribution is -0.136. The number of hydrogen-bond acceptors (Lipinski definition) is 4. The Kier molecular flexibility index (Phi) is 5.00. The first kappa shape index (κ1) is 11.9. The molecule has 1 aliphatic heterocycles. The van der Waals surface area contributed by atoms with Crippen molar-refractivity contribution in [3.63, 3.8) is 0 Å². The van der Waals surface area contributed by atoms with Gasteiger partial charge in [0.2, 0.25) is 0 Å². The van der Waals surface area contributed by atoms with Gasteiger partial charge in [-0.1, -0.05) is 0 Å². The quantitative estimate of drug-likeness (QED) is 0.347. The molecular weight excluding hydrogens is 198 g/mol. The van der Waals surface area contributed by atoms with Crippen LogP contribution in [-0.2, 0) is 19.1 Å². The number of ether oxygens (including phenoxy) is 2. The number of unbranched alkanes of at least 4 members (excludes halogenated alkanes) is 1. The Labute approximate surface area is 88.6 Å². The van der Waals surface area contributed by atoms with E-state index in [4.69, 9.17) is 9.47 Å². The number of imide groups is 1. The zero-order valence-electron chi connectivity index (χ0n) is 8.77. The van der Waals surface area contributed by atoms with Crippen molar-refractivity contribution < 1.29 is 19.1 Å². The van der Waals surface area contributed by atoms with Crippen LogP contribution in [0.5, 0.6) is 0 Å². The molecule has 5 nitrogen and oxygen atoms in total. The van der Waals surface area contributed by atoms with Gasteiger partial charge in [-0.25, -0.2) is 0 Å². The molecule has 0 bridgehead atoms. The minimum absolute atomic E-state index is 0.224. The zero-order chi connectivity index (χ0) is 11.1. The molecule has 0 aliphatic carbocycles. The Balaban J connectivity index is 2.05. The predicted molar refractivity (Wildman–Crippen MR) is 52.9 cm³/mol. The average Bonchev–Trinajstić information content (AvgIpc) is 2.54. The van der Waals surface area contributed by atoms with E-state index in [-0.39, 0.29) is 18.6 Å². The second kappa shape index (κ2) is 6.31. The van der Waals surface area contributed by atoms with Gasteiger partial charge in [-0.2, -0.15) is 0 Å². The number of hydrogen-bond donors (Lipinski definition) is 0. The van der Waals surface area contributed by atoms with E-state index < -0.39 is 0 Å². The van der Waals surface area contributed by atoms with E-state index in [9.17, 15) is 9.59 Å². The fourth-order valence-electron chi connectivity index (χ4n) is 1.27. The Morgan fingerprint density at radius 1 is 1.20 bits per heavy atom. The highest BCUT2D eigenvalue weighted by Gasteiger charge is 2.21. The monoisotopic (exact) mass is 213 g/mol. The van der Waals surface area contributed by atoms with E-state index in [2.05, 4.69) is 0 Å². The van der Waals surface area contributed by atoms with Crippen molar-refractivity contribution in [1.29, 1.82) is 0 Å². The average molecular weight is 213 g/mol. The number of amides is 2. The number of carbonyl (C=O) groups excluding carboxylic acids is 2. The van der Waals surface area contributed by atoms with E-state index in [0.29, 0.717) is 13.2 Å². The highest BCUT2D eigenvalue weighted by molar-refractivity contribution is 6.12. The number of methoxy groups -OCH3 is 1. The van der Waals surface area contributed by atoms with Crippen molar-refractivity contribution in [3.8, 4) is 0 Å². The molecule has 15 heavy (non-hydrogen) atoms. The van der Waals surface area contributed by atoms with Crippen LogP contribution in [-0.4, -0.2) is 43.8 Å². The van der Waals surface area contributed by atoms with E-state index >= 15 is 0 Å². The zero-order valence-corrected chi connectivity index (χ0v) is 8.77. The van der Waals surface area contributed by atoms with Gasteiger partial charge in [-0.3, -0.25) is 14.5 Å². The predicted octanol–water partition coefficient (Wildman–Crippen LogP) is 0.312. The van der Waals surface area contributed by atoms with Gasteiger partial charge in [0.1, 0.15) is 6.79 Å². The summed E-state index contributed by atoms with van der Waals surface area (Å²) in [6.45, 7) is 1.32. The molecule has 1 heterocycles. The van der Waals surface area contributed by atoms with E-state index in [1.807, 2.05) is 0 Å². The SMILES string of the molecule is COCOCCCCN1C(=O)C=CC1=O. The number of carbonyl (C=O) groups is 2. The van der Waals surface area contributed by atoms with Crippen LogP contribution >= 0.6 is 0 Å².